The highest BCUT2D eigenvalue weighted by molar-refractivity contribution is 9.09. The van der Waals surface area contributed by atoms with Crippen LogP contribution in [0.4, 0.5) is 0 Å². The van der Waals surface area contributed by atoms with Gasteiger partial charge in [0.1, 0.15) is 0 Å². The van der Waals surface area contributed by atoms with Crippen molar-refractivity contribution >= 4 is 15.9 Å². The highest BCUT2D eigenvalue weighted by Crippen LogP contribution is 2.24. The third kappa shape index (κ3) is 2.30. The Morgan fingerprint density at radius 2 is 2.17 bits per heavy atom. The van der Waals surface area contributed by atoms with E-state index in [2.05, 4.69) is 40.0 Å². The molecule has 1 aromatic heterocycles. The molecular weight excluding hydrogens is 220 g/mol. The fourth-order valence-electron chi connectivity index (χ4n) is 0.883. The molecule has 1 aromatic rings. The van der Waals surface area contributed by atoms with E-state index >= 15 is 0 Å². The monoisotopic (exact) mass is 232 g/mol. The van der Waals surface area contributed by atoms with Crippen LogP contribution < -0.4 is 0 Å². The van der Waals surface area contributed by atoms with Crippen LogP contribution in [0.25, 0.3) is 0 Å². The van der Waals surface area contributed by atoms with Crippen LogP contribution in [0.15, 0.2) is 4.42 Å². The molecule has 1 atom stereocenters. The van der Waals surface area contributed by atoms with Crippen molar-refractivity contribution in [2.45, 2.75) is 37.9 Å². The minimum atomic E-state index is 0.204. The number of aromatic nitrogens is 2. The Morgan fingerprint density at radius 1 is 1.42 bits per heavy atom. The van der Waals surface area contributed by atoms with E-state index in [-0.39, 0.29) is 4.83 Å². The molecule has 3 nitrogen and oxygen atoms in total. The average Bonchev–Trinajstić information content (AvgIpc) is 2.52. The largest absolute Gasteiger partial charge is 0.424 e. The Morgan fingerprint density at radius 3 is 2.75 bits per heavy atom. The van der Waals surface area contributed by atoms with E-state index in [9.17, 15) is 0 Å². The smallest absolute Gasteiger partial charge is 0.230 e. The van der Waals surface area contributed by atoms with E-state index in [4.69, 9.17) is 4.42 Å². The van der Waals surface area contributed by atoms with Gasteiger partial charge >= 0.3 is 0 Å². The van der Waals surface area contributed by atoms with Crippen molar-refractivity contribution in [2.75, 3.05) is 0 Å². The second-order valence-electron chi connectivity index (χ2n) is 2.66. The van der Waals surface area contributed by atoms with E-state index in [1.807, 2.05) is 0 Å². The van der Waals surface area contributed by atoms with Crippen molar-refractivity contribution in [1.29, 1.82) is 0 Å². The van der Waals surface area contributed by atoms with Crippen molar-refractivity contribution in [2.24, 2.45) is 0 Å². The summed E-state index contributed by atoms with van der Waals surface area (Å²) < 4.78 is 5.41. The molecule has 1 rings (SSSR count). The van der Waals surface area contributed by atoms with Crippen molar-refractivity contribution in [1.82, 2.24) is 10.2 Å². The summed E-state index contributed by atoms with van der Waals surface area (Å²) in [6.45, 7) is 4.17. The highest BCUT2D eigenvalue weighted by atomic mass is 79.9. The molecule has 12 heavy (non-hydrogen) atoms. The molecule has 0 N–H and O–H groups in total. The first-order valence-electron chi connectivity index (χ1n) is 4.24. The number of nitrogens with zero attached hydrogens (tertiary/aromatic N) is 2. The number of hydrogen-bond donors (Lipinski definition) is 0. The summed E-state index contributed by atoms with van der Waals surface area (Å²) >= 11 is 3.45. The van der Waals surface area contributed by atoms with Gasteiger partial charge in [0.25, 0.3) is 0 Å². The normalized spacial score (nSPS) is 13.2. The van der Waals surface area contributed by atoms with Gasteiger partial charge in [-0.05, 0) is 12.8 Å². The van der Waals surface area contributed by atoms with Crippen LogP contribution in [0.1, 0.15) is 43.3 Å². The Kier molecular flexibility index (Phi) is 3.72. The van der Waals surface area contributed by atoms with Gasteiger partial charge in [0.05, 0.1) is 4.83 Å². The van der Waals surface area contributed by atoms with Crippen LogP contribution in [0.5, 0.6) is 0 Å². The molecule has 0 aliphatic carbocycles. The maximum absolute atomic E-state index is 5.41. The summed E-state index contributed by atoms with van der Waals surface area (Å²) in [4.78, 5) is 0.204. The quantitative estimate of drug-likeness (QED) is 0.750. The van der Waals surface area contributed by atoms with E-state index in [0.717, 1.165) is 25.2 Å². The van der Waals surface area contributed by atoms with Crippen LogP contribution in [0.3, 0.4) is 0 Å². The minimum Gasteiger partial charge on any atom is -0.424 e. The van der Waals surface area contributed by atoms with Crippen LogP contribution >= 0.6 is 15.9 Å². The molecule has 0 bridgehead atoms. The lowest BCUT2D eigenvalue weighted by atomic mass is 10.3. The van der Waals surface area contributed by atoms with Crippen molar-refractivity contribution in [3.8, 4) is 0 Å². The molecule has 0 amide bonds. The lowest BCUT2D eigenvalue weighted by Gasteiger charge is -1.97. The third-order valence-electron chi connectivity index (χ3n) is 1.57. The van der Waals surface area contributed by atoms with Crippen molar-refractivity contribution in [3.63, 3.8) is 0 Å². The zero-order chi connectivity index (χ0) is 8.97. The van der Waals surface area contributed by atoms with Crippen molar-refractivity contribution < 1.29 is 4.42 Å². The molecule has 0 aliphatic rings. The van der Waals surface area contributed by atoms with Crippen LogP contribution in [-0.2, 0) is 6.42 Å². The van der Waals surface area contributed by atoms with E-state index in [0.29, 0.717) is 5.89 Å². The van der Waals surface area contributed by atoms with E-state index in [1.165, 1.54) is 0 Å². The zero-order valence-electron chi connectivity index (χ0n) is 7.38. The maximum atomic E-state index is 5.41. The average molecular weight is 233 g/mol. The molecule has 1 heterocycles. The Hall–Kier alpha value is -0.380. The Bertz CT molecular complexity index is 237. The molecule has 0 saturated heterocycles. The first-order chi connectivity index (χ1) is 5.77. The molecule has 68 valence electrons. The van der Waals surface area contributed by atoms with Crippen LogP contribution in [0.2, 0.25) is 0 Å². The molecule has 0 aromatic carbocycles. The lowest BCUT2D eigenvalue weighted by molar-refractivity contribution is 0.444. The number of rotatable bonds is 4. The van der Waals surface area contributed by atoms with Gasteiger partial charge in [-0.15, -0.1) is 10.2 Å². The number of hydrogen-bond acceptors (Lipinski definition) is 3. The predicted octanol–water partition coefficient (Wildman–Crippen LogP) is 2.87. The summed E-state index contributed by atoms with van der Waals surface area (Å²) in [5.74, 6) is 1.44. The molecule has 0 fully saturated rings. The van der Waals surface area contributed by atoms with E-state index in [1.54, 1.807) is 0 Å². The zero-order valence-corrected chi connectivity index (χ0v) is 8.97. The SMILES string of the molecule is CCCc1nnc(C(Br)CC)o1. The van der Waals surface area contributed by atoms with Crippen LogP contribution in [-0.4, -0.2) is 10.2 Å². The van der Waals surface area contributed by atoms with Gasteiger partial charge in [-0.25, -0.2) is 0 Å². The molecular formula is C8H13BrN2O. The van der Waals surface area contributed by atoms with Gasteiger partial charge in [-0.1, -0.05) is 29.8 Å². The molecule has 0 saturated carbocycles. The number of halogens is 1. The van der Waals surface area contributed by atoms with Gasteiger partial charge in [0, 0.05) is 6.42 Å². The van der Waals surface area contributed by atoms with Crippen molar-refractivity contribution in [3.05, 3.63) is 11.8 Å². The van der Waals surface area contributed by atoms with Gasteiger partial charge in [0.15, 0.2) is 0 Å². The fourth-order valence-corrected chi connectivity index (χ4v) is 1.07. The highest BCUT2D eigenvalue weighted by Gasteiger charge is 2.12. The molecule has 0 radical (unpaired) electrons. The summed E-state index contributed by atoms with van der Waals surface area (Å²) in [5, 5.41) is 7.87. The second kappa shape index (κ2) is 4.60. The first kappa shape index (κ1) is 9.71. The summed E-state index contributed by atoms with van der Waals surface area (Å²) in [6, 6.07) is 0. The fraction of sp³-hybridized carbons (Fsp3) is 0.750. The lowest BCUT2D eigenvalue weighted by Crippen LogP contribution is -1.86. The number of alkyl halides is 1. The Labute approximate surface area is 80.7 Å². The molecule has 4 heteroatoms. The van der Waals surface area contributed by atoms with Gasteiger partial charge < -0.3 is 4.42 Å². The molecule has 0 spiro atoms. The third-order valence-corrected chi connectivity index (χ3v) is 2.61. The first-order valence-corrected chi connectivity index (χ1v) is 5.15. The number of aryl methyl sites for hydroxylation is 1. The summed E-state index contributed by atoms with van der Waals surface area (Å²) in [6.07, 6.45) is 2.88. The summed E-state index contributed by atoms with van der Waals surface area (Å²) in [7, 11) is 0. The van der Waals surface area contributed by atoms with Crippen LogP contribution in [0, 0.1) is 0 Å². The minimum absolute atomic E-state index is 0.204. The van der Waals surface area contributed by atoms with Gasteiger partial charge in [-0.3, -0.25) is 0 Å². The topological polar surface area (TPSA) is 38.9 Å². The van der Waals surface area contributed by atoms with E-state index < -0.39 is 0 Å². The Balaban J connectivity index is 2.63. The molecule has 1 unspecified atom stereocenters. The molecule has 0 aliphatic heterocycles. The van der Waals surface area contributed by atoms with Gasteiger partial charge in [0.2, 0.25) is 11.8 Å². The summed E-state index contributed by atoms with van der Waals surface area (Å²) in [5.41, 5.74) is 0. The maximum Gasteiger partial charge on any atom is 0.230 e. The second-order valence-corrected chi connectivity index (χ2v) is 3.77. The standard InChI is InChI=1S/C8H13BrN2O/c1-3-5-7-10-11-8(12-7)6(9)4-2/h6H,3-5H2,1-2H3. The predicted molar refractivity (Wildman–Crippen MR) is 50.3 cm³/mol. The van der Waals surface area contributed by atoms with Gasteiger partial charge in [-0.2, -0.15) is 0 Å².